The minimum atomic E-state index is -0.270. The molecular weight excluding hydrogens is 506 g/mol. The summed E-state index contributed by atoms with van der Waals surface area (Å²) in [7, 11) is 0. The Morgan fingerprint density at radius 1 is 1.02 bits per heavy atom. The third-order valence-corrected chi connectivity index (χ3v) is 6.72. The van der Waals surface area contributed by atoms with E-state index in [2.05, 4.69) is 4.99 Å². The standard InChI is InChI=1S/C31H33N5O4/c1-2-14-36(39-20-21-8-12-25(32)13-9-21)31(38)24-15-22-10-11-23(16-28(22)34-29(33)17-24)30(37)35-18-27(19-35)40-26-6-4-3-5-7-26/h3-13,15-16,27H,2,14,17-20,32H2,1H3,(H2,33,34). The van der Waals surface area contributed by atoms with Gasteiger partial charge in [-0.3, -0.25) is 14.4 Å². The largest absolute Gasteiger partial charge is 0.487 e. The van der Waals surface area contributed by atoms with Crippen molar-refractivity contribution < 1.29 is 19.2 Å². The van der Waals surface area contributed by atoms with Crippen LogP contribution in [0.3, 0.4) is 0 Å². The predicted molar refractivity (Wildman–Crippen MR) is 155 cm³/mol. The first-order valence-corrected chi connectivity index (χ1v) is 13.4. The van der Waals surface area contributed by atoms with Crippen LogP contribution in [-0.4, -0.2) is 53.4 Å². The van der Waals surface area contributed by atoms with Crippen molar-refractivity contribution in [1.82, 2.24) is 9.96 Å². The fourth-order valence-electron chi connectivity index (χ4n) is 4.57. The zero-order valence-corrected chi connectivity index (χ0v) is 22.5. The number of carbonyl (C=O) groups excluding carboxylic acids is 2. The molecule has 9 heteroatoms. The molecule has 5 rings (SSSR count). The molecule has 0 aromatic heterocycles. The molecule has 2 heterocycles. The lowest BCUT2D eigenvalue weighted by Gasteiger charge is -2.39. The molecule has 206 valence electrons. The van der Waals surface area contributed by atoms with Crippen molar-refractivity contribution >= 4 is 35.1 Å². The number of para-hydroxylation sites is 1. The Hall–Kier alpha value is -4.63. The Kier molecular flexibility index (Phi) is 8.12. The third-order valence-electron chi connectivity index (χ3n) is 6.72. The second kappa shape index (κ2) is 12.0. The lowest BCUT2D eigenvalue weighted by Crippen LogP contribution is -2.56. The number of hydrogen-bond acceptors (Lipinski definition) is 7. The quantitative estimate of drug-likeness (QED) is 0.308. The number of ether oxygens (including phenoxy) is 1. The molecule has 9 nitrogen and oxygen atoms in total. The van der Waals surface area contributed by atoms with Crippen LogP contribution in [0.25, 0.3) is 6.08 Å². The zero-order chi connectivity index (χ0) is 28.1. The van der Waals surface area contributed by atoms with Crippen molar-refractivity contribution in [2.75, 3.05) is 25.4 Å². The van der Waals surface area contributed by atoms with Crippen LogP contribution in [0.5, 0.6) is 5.75 Å². The van der Waals surface area contributed by atoms with Crippen molar-refractivity contribution in [2.45, 2.75) is 32.5 Å². The first kappa shape index (κ1) is 27.0. The maximum atomic E-state index is 13.5. The summed E-state index contributed by atoms with van der Waals surface area (Å²) in [6.07, 6.45) is 2.64. The van der Waals surface area contributed by atoms with Gasteiger partial charge in [0.2, 0.25) is 0 Å². The van der Waals surface area contributed by atoms with E-state index in [9.17, 15) is 9.59 Å². The van der Waals surface area contributed by atoms with E-state index in [1.54, 1.807) is 41.3 Å². The summed E-state index contributed by atoms with van der Waals surface area (Å²) in [6.45, 7) is 3.66. The summed E-state index contributed by atoms with van der Waals surface area (Å²) in [6, 6.07) is 22.2. The average Bonchev–Trinajstić information content (AvgIpc) is 3.11. The van der Waals surface area contributed by atoms with Gasteiger partial charge in [0.15, 0.2) is 0 Å². The van der Waals surface area contributed by atoms with E-state index in [1.807, 2.05) is 49.4 Å². The highest BCUT2D eigenvalue weighted by atomic mass is 16.7. The highest BCUT2D eigenvalue weighted by Crippen LogP contribution is 2.30. The number of nitrogens with two attached hydrogens (primary N) is 2. The number of nitrogens with zero attached hydrogens (tertiary/aromatic N) is 3. The number of hydrogen-bond donors (Lipinski definition) is 2. The van der Waals surface area contributed by atoms with E-state index in [-0.39, 0.29) is 30.9 Å². The Bertz CT molecular complexity index is 1430. The lowest BCUT2D eigenvalue weighted by atomic mass is 10.0. The number of benzene rings is 3. The number of anilines is 1. The highest BCUT2D eigenvalue weighted by molar-refractivity contribution is 6.05. The van der Waals surface area contributed by atoms with E-state index in [1.165, 1.54) is 5.06 Å². The smallest absolute Gasteiger partial charge is 0.273 e. The van der Waals surface area contributed by atoms with Gasteiger partial charge >= 0.3 is 0 Å². The number of amides is 2. The second-order valence-corrected chi connectivity index (χ2v) is 9.91. The van der Waals surface area contributed by atoms with Gasteiger partial charge in [-0.2, -0.15) is 0 Å². The summed E-state index contributed by atoms with van der Waals surface area (Å²) in [4.78, 5) is 38.7. The number of likely N-dealkylation sites (tertiary alicyclic amines) is 1. The maximum Gasteiger partial charge on any atom is 0.273 e. The first-order chi connectivity index (χ1) is 19.4. The minimum Gasteiger partial charge on any atom is -0.487 e. The molecule has 0 saturated carbocycles. The van der Waals surface area contributed by atoms with Crippen LogP contribution < -0.4 is 16.2 Å². The SMILES string of the molecule is CCCN(OCc1ccc(N)cc1)C(=O)C1=Cc2ccc(C(=O)N3CC(Oc4ccccc4)C3)cc2N=C(N)C1. The number of rotatable bonds is 9. The zero-order valence-electron chi connectivity index (χ0n) is 22.5. The third kappa shape index (κ3) is 6.32. The Morgan fingerprint density at radius 2 is 1.77 bits per heavy atom. The number of hydroxylamine groups is 2. The molecule has 4 N–H and O–H groups in total. The molecule has 2 aliphatic rings. The van der Waals surface area contributed by atoms with Crippen LogP contribution in [0.15, 0.2) is 83.4 Å². The molecule has 3 aromatic rings. The molecule has 3 aromatic carbocycles. The van der Waals surface area contributed by atoms with Crippen LogP contribution in [0.1, 0.15) is 41.3 Å². The van der Waals surface area contributed by atoms with Gasteiger partial charge in [0.25, 0.3) is 11.8 Å². The molecule has 0 bridgehead atoms. The van der Waals surface area contributed by atoms with Gasteiger partial charge in [-0.25, -0.2) is 10.1 Å². The van der Waals surface area contributed by atoms with E-state index in [4.69, 9.17) is 21.0 Å². The van der Waals surface area contributed by atoms with Crippen LogP contribution in [0, 0.1) is 0 Å². The van der Waals surface area contributed by atoms with Gasteiger partial charge in [0, 0.05) is 35.4 Å². The van der Waals surface area contributed by atoms with Crippen molar-refractivity contribution in [3.63, 3.8) is 0 Å². The van der Waals surface area contributed by atoms with Gasteiger partial charge < -0.3 is 21.1 Å². The molecular formula is C31H33N5O4. The summed E-state index contributed by atoms with van der Waals surface area (Å²) in [5, 5.41) is 1.37. The molecule has 0 aliphatic carbocycles. The fraction of sp³-hybridized carbons (Fsp3) is 0.258. The van der Waals surface area contributed by atoms with Gasteiger partial charge in [-0.05, 0) is 54.5 Å². The second-order valence-electron chi connectivity index (χ2n) is 9.91. The predicted octanol–water partition coefficient (Wildman–Crippen LogP) is 4.32. The molecule has 1 fully saturated rings. The van der Waals surface area contributed by atoms with E-state index in [0.717, 1.165) is 17.7 Å². The summed E-state index contributed by atoms with van der Waals surface area (Å²) in [5.74, 6) is 0.714. The number of amidine groups is 1. The van der Waals surface area contributed by atoms with Crippen molar-refractivity contribution in [3.8, 4) is 5.75 Å². The van der Waals surface area contributed by atoms with Gasteiger partial charge in [-0.15, -0.1) is 0 Å². The van der Waals surface area contributed by atoms with Crippen LogP contribution in [-0.2, 0) is 16.2 Å². The Labute approximate surface area is 233 Å². The molecule has 0 radical (unpaired) electrons. The lowest BCUT2D eigenvalue weighted by molar-refractivity contribution is -0.187. The number of fused-ring (bicyclic) bond motifs is 1. The van der Waals surface area contributed by atoms with E-state index in [0.29, 0.717) is 53.5 Å². The molecule has 1 saturated heterocycles. The molecule has 0 spiro atoms. The van der Waals surface area contributed by atoms with Crippen molar-refractivity contribution in [2.24, 2.45) is 10.7 Å². The summed E-state index contributed by atoms with van der Waals surface area (Å²) >= 11 is 0. The van der Waals surface area contributed by atoms with Gasteiger partial charge in [0.05, 0.1) is 18.8 Å². The van der Waals surface area contributed by atoms with Crippen LogP contribution in [0.4, 0.5) is 11.4 Å². The normalized spacial score (nSPS) is 14.8. The summed E-state index contributed by atoms with van der Waals surface area (Å²) in [5.41, 5.74) is 15.8. The number of carbonyl (C=O) groups is 2. The molecule has 0 unspecified atom stereocenters. The Balaban J connectivity index is 1.26. The number of aliphatic imine (C=N–C) groups is 1. The maximum absolute atomic E-state index is 13.5. The van der Waals surface area contributed by atoms with Gasteiger partial charge in [-0.1, -0.05) is 43.3 Å². The monoisotopic (exact) mass is 539 g/mol. The molecule has 0 atom stereocenters. The first-order valence-electron chi connectivity index (χ1n) is 13.4. The number of nitrogen functional groups attached to an aromatic ring is 1. The summed E-state index contributed by atoms with van der Waals surface area (Å²) < 4.78 is 5.91. The Morgan fingerprint density at radius 3 is 2.50 bits per heavy atom. The molecule has 2 aliphatic heterocycles. The molecule has 40 heavy (non-hydrogen) atoms. The van der Waals surface area contributed by atoms with Crippen LogP contribution in [0.2, 0.25) is 0 Å². The highest BCUT2D eigenvalue weighted by Gasteiger charge is 2.33. The fourth-order valence-corrected chi connectivity index (χ4v) is 4.57. The van der Waals surface area contributed by atoms with Crippen molar-refractivity contribution in [1.29, 1.82) is 0 Å². The van der Waals surface area contributed by atoms with Gasteiger partial charge in [0.1, 0.15) is 24.3 Å². The average molecular weight is 540 g/mol. The minimum absolute atomic E-state index is 0.0364. The van der Waals surface area contributed by atoms with E-state index < -0.39 is 0 Å². The van der Waals surface area contributed by atoms with Crippen LogP contribution >= 0.6 is 0 Å². The molecule has 2 amide bonds. The topological polar surface area (TPSA) is 123 Å². The van der Waals surface area contributed by atoms with E-state index >= 15 is 0 Å². The van der Waals surface area contributed by atoms with Crippen molar-refractivity contribution in [3.05, 3.63) is 95.1 Å².